The first-order chi connectivity index (χ1) is 9.29. The lowest BCUT2D eigenvalue weighted by atomic mass is 9.80. The Balaban J connectivity index is 2.20. The van der Waals surface area contributed by atoms with Crippen LogP contribution in [0.5, 0.6) is 0 Å². The van der Waals surface area contributed by atoms with Crippen molar-refractivity contribution in [1.82, 2.24) is 5.32 Å². The van der Waals surface area contributed by atoms with Crippen molar-refractivity contribution < 1.29 is 13.2 Å². The molecule has 1 aliphatic rings. The molecule has 4 nitrogen and oxygen atoms in total. The van der Waals surface area contributed by atoms with Gasteiger partial charge in [0.05, 0.1) is 10.5 Å². The van der Waals surface area contributed by atoms with Gasteiger partial charge >= 0.3 is 0 Å². The third-order valence-electron chi connectivity index (χ3n) is 3.68. The number of rotatable bonds is 4. The zero-order chi connectivity index (χ0) is 14.9. The maximum absolute atomic E-state index is 12.2. The van der Waals surface area contributed by atoms with Gasteiger partial charge in [0.15, 0.2) is 0 Å². The second kappa shape index (κ2) is 6.03. The zero-order valence-electron chi connectivity index (χ0n) is 10.9. The maximum Gasteiger partial charge on any atom is 0.261 e. The SMILES string of the molecule is CC(NC(=O)c1cc(S(=O)(=O)Cl)ccc1Br)C1CCC1. The normalized spacial score (nSPS) is 17.4. The van der Waals surface area contributed by atoms with E-state index >= 15 is 0 Å². The van der Waals surface area contributed by atoms with Gasteiger partial charge in [0.25, 0.3) is 15.0 Å². The highest BCUT2D eigenvalue weighted by molar-refractivity contribution is 9.10. The third-order valence-corrected chi connectivity index (χ3v) is 5.72. The summed E-state index contributed by atoms with van der Waals surface area (Å²) in [5, 5.41) is 2.91. The highest BCUT2D eigenvalue weighted by Crippen LogP contribution is 2.30. The molecule has 0 spiro atoms. The average molecular weight is 381 g/mol. The lowest BCUT2D eigenvalue weighted by molar-refractivity contribution is 0.0908. The van der Waals surface area contributed by atoms with Gasteiger partial charge in [0.1, 0.15) is 0 Å². The molecule has 1 atom stereocenters. The quantitative estimate of drug-likeness (QED) is 0.815. The summed E-state index contributed by atoms with van der Waals surface area (Å²) in [6.07, 6.45) is 3.45. The molecular weight excluding hydrogens is 366 g/mol. The van der Waals surface area contributed by atoms with Crippen molar-refractivity contribution in [2.24, 2.45) is 5.92 Å². The minimum Gasteiger partial charge on any atom is -0.349 e. The number of nitrogens with one attached hydrogen (secondary N) is 1. The zero-order valence-corrected chi connectivity index (χ0v) is 14.1. The molecular formula is C13H15BrClNO3S. The fourth-order valence-corrected chi connectivity index (χ4v) is 3.38. The van der Waals surface area contributed by atoms with Crippen molar-refractivity contribution in [3.63, 3.8) is 0 Å². The van der Waals surface area contributed by atoms with Gasteiger partial charge in [-0.1, -0.05) is 6.42 Å². The van der Waals surface area contributed by atoms with Gasteiger partial charge in [-0.2, -0.15) is 0 Å². The molecule has 0 heterocycles. The van der Waals surface area contributed by atoms with Gasteiger partial charge in [-0.05, 0) is 59.8 Å². The van der Waals surface area contributed by atoms with Gasteiger partial charge in [-0.15, -0.1) is 0 Å². The van der Waals surface area contributed by atoms with Crippen molar-refractivity contribution in [1.29, 1.82) is 0 Å². The molecule has 1 aliphatic carbocycles. The monoisotopic (exact) mass is 379 g/mol. The van der Waals surface area contributed by atoms with Gasteiger partial charge < -0.3 is 5.32 Å². The van der Waals surface area contributed by atoms with E-state index in [1.54, 1.807) is 0 Å². The lowest BCUT2D eigenvalue weighted by Crippen LogP contribution is -2.40. The first-order valence-corrected chi connectivity index (χ1v) is 9.44. The van der Waals surface area contributed by atoms with Crippen LogP contribution in [0.15, 0.2) is 27.6 Å². The summed E-state index contributed by atoms with van der Waals surface area (Å²) >= 11 is 3.26. The molecule has 1 saturated carbocycles. The molecule has 1 fully saturated rings. The van der Waals surface area contributed by atoms with Gasteiger partial charge in [-0.25, -0.2) is 8.42 Å². The summed E-state index contributed by atoms with van der Waals surface area (Å²) in [7, 11) is 1.46. The van der Waals surface area contributed by atoms with Crippen molar-refractivity contribution >= 4 is 41.6 Å². The molecule has 2 rings (SSSR count). The van der Waals surface area contributed by atoms with Crippen LogP contribution in [0.2, 0.25) is 0 Å². The number of carbonyl (C=O) groups is 1. The van der Waals surface area contributed by atoms with Gasteiger partial charge in [0, 0.05) is 21.2 Å². The number of benzene rings is 1. The Hall–Kier alpha value is -0.590. The lowest BCUT2D eigenvalue weighted by Gasteiger charge is -2.32. The maximum atomic E-state index is 12.2. The van der Waals surface area contributed by atoms with E-state index in [0.29, 0.717) is 10.4 Å². The number of carbonyl (C=O) groups excluding carboxylic acids is 1. The van der Waals surface area contributed by atoms with Gasteiger partial charge in [0.2, 0.25) is 0 Å². The molecule has 0 aliphatic heterocycles. The first-order valence-electron chi connectivity index (χ1n) is 6.34. The fourth-order valence-electron chi connectivity index (χ4n) is 2.17. The number of halogens is 2. The average Bonchev–Trinajstić information content (AvgIpc) is 2.24. The number of hydrogen-bond acceptors (Lipinski definition) is 3. The van der Waals surface area contributed by atoms with Crippen LogP contribution in [0.25, 0.3) is 0 Å². The summed E-state index contributed by atoms with van der Waals surface area (Å²) in [5.74, 6) is 0.219. The number of hydrogen-bond donors (Lipinski definition) is 1. The molecule has 20 heavy (non-hydrogen) atoms. The Morgan fingerprint density at radius 2 is 2.10 bits per heavy atom. The summed E-state index contributed by atoms with van der Waals surface area (Å²) in [6.45, 7) is 1.97. The van der Waals surface area contributed by atoms with E-state index in [4.69, 9.17) is 10.7 Å². The highest BCUT2D eigenvalue weighted by atomic mass is 79.9. The molecule has 0 radical (unpaired) electrons. The van der Waals surface area contributed by atoms with Crippen molar-refractivity contribution in [3.05, 3.63) is 28.2 Å². The van der Waals surface area contributed by atoms with E-state index in [-0.39, 0.29) is 22.4 Å². The van der Waals surface area contributed by atoms with Crippen molar-refractivity contribution in [3.8, 4) is 0 Å². The molecule has 1 aromatic rings. The molecule has 7 heteroatoms. The van der Waals surface area contributed by atoms with Gasteiger partial charge in [-0.3, -0.25) is 4.79 Å². The van der Waals surface area contributed by atoms with E-state index in [1.807, 2.05) is 6.92 Å². The van der Waals surface area contributed by atoms with E-state index in [2.05, 4.69) is 21.2 Å². The highest BCUT2D eigenvalue weighted by Gasteiger charge is 2.26. The summed E-state index contributed by atoms with van der Waals surface area (Å²) in [5.41, 5.74) is 0.276. The summed E-state index contributed by atoms with van der Waals surface area (Å²) in [4.78, 5) is 12.1. The largest absolute Gasteiger partial charge is 0.349 e. The Morgan fingerprint density at radius 1 is 1.45 bits per heavy atom. The van der Waals surface area contributed by atoms with Crippen LogP contribution in [0.3, 0.4) is 0 Å². The van der Waals surface area contributed by atoms with E-state index in [1.165, 1.54) is 24.6 Å². The molecule has 110 valence electrons. The van der Waals surface area contributed by atoms with Crippen LogP contribution in [0, 0.1) is 5.92 Å². The van der Waals surface area contributed by atoms with Crippen LogP contribution >= 0.6 is 26.6 Å². The third kappa shape index (κ3) is 3.54. The first kappa shape index (κ1) is 15.8. The molecule has 1 aromatic carbocycles. The van der Waals surface area contributed by atoms with Crippen molar-refractivity contribution in [2.75, 3.05) is 0 Å². The van der Waals surface area contributed by atoms with E-state index in [0.717, 1.165) is 12.8 Å². The Bertz CT molecular complexity index is 629. The van der Waals surface area contributed by atoms with E-state index in [9.17, 15) is 13.2 Å². The molecule has 1 amide bonds. The molecule has 1 unspecified atom stereocenters. The Labute approximate surface area is 131 Å². The van der Waals surface area contributed by atoms with Crippen molar-refractivity contribution in [2.45, 2.75) is 37.1 Å². The Kier molecular flexibility index (Phi) is 4.76. The molecule has 0 saturated heterocycles. The second-order valence-corrected chi connectivity index (χ2v) is 8.45. The molecule has 0 aromatic heterocycles. The smallest absolute Gasteiger partial charge is 0.261 e. The van der Waals surface area contributed by atoms with Crippen LogP contribution in [0.1, 0.15) is 36.5 Å². The van der Waals surface area contributed by atoms with Crippen LogP contribution in [-0.4, -0.2) is 20.4 Å². The predicted octanol–water partition coefficient (Wildman–Crippen LogP) is 3.30. The standard InChI is InChI=1S/C13H15BrClNO3S/c1-8(9-3-2-4-9)16-13(17)11-7-10(20(15,18)19)5-6-12(11)14/h5-9H,2-4H2,1H3,(H,16,17). The Morgan fingerprint density at radius 3 is 2.60 bits per heavy atom. The topological polar surface area (TPSA) is 63.2 Å². The molecule has 0 bridgehead atoms. The molecule has 1 N–H and O–H groups in total. The van der Waals surface area contributed by atoms with Crippen LogP contribution in [-0.2, 0) is 9.05 Å². The number of amides is 1. The van der Waals surface area contributed by atoms with Crippen LogP contribution in [0.4, 0.5) is 0 Å². The summed E-state index contributed by atoms with van der Waals surface area (Å²) < 4.78 is 23.2. The fraction of sp³-hybridized carbons (Fsp3) is 0.462. The predicted molar refractivity (Wildman–Crippen MR) is 81.5 cm³/mol. The summed E-state index contributed by atoms with van der Waals surface area (Å²) in [6, 6.07) is 4.24. The minimum absolute atomic E-state index is 0.0798. The second-order valence-electron chi connectivity index (χ2n) is 5.03. The minimum atomic E-state index is -3.84. The van der Waals surface area contributed by atoms with Crippen LogP contribution < -0.4 is 5.32 Å². The van der Waals surface area contributed by atoms with E-state index < -0.39 is 9.05 Å².